The second-order valence-corrected chi connectivity index (χ2v) is 8.57. The van der Waals surface area contributed by atoms with Gasteiger partial charge in [0.2, 0.25) is 0 Å². The highest BCUT2D eigenvalue weighted by Gasteiger charge is 2.25. The molecule has 0 unspecified atom stereocenters. The van der Waals surface area contributed by atoms with Crippen molar-refractivity contribution >= 4 is 71.8 Å². The topological polar surface area (TPSA) is 106 Å². The number of carbonyl (C=O) groups excluding carboxylic acids is 1. The van der Waals surface area contributed by atoms with Crippen molar-refractivity contribution in [2.75, 3.05) is 6.61 Å². The summed E-state index contributed by atoms with van der Waals surface area (Å²) in [6.07, 6.45) is 3.37. The highest BCUT2D eigenvalue weighted by molar-refractivity contribution is 7.17. The zero-order valence-corrected chi connectivity index (χ0v) is 17.6. The quantitative estimate of drug-likeness (QED) is 0.312. The Kier molecular flexibility index (Phi) is 5.90. The van der Waals surface area contributed by atoms with Crippen molar-refractivity contribution in [1.29, 1.82) is 0 Å². The number of aromatic nitrogens is 4. The molecule has 0 N–H and O–H groups in total. The molecule has 0 aliphatic rings. The van der Waals surface area contributed by atoms with Gasteiger partial charge in [-0.05, 0) is 52.2 Å². The van der Waals surface area contributed by atoms with E-state index in [2.05, 4.69) is 30.6 Å². The first-order valence-corrected chi connectivity index (χ1v) is 11.5. The minimum atomic E-state index is -0.729. The number of nitrogens with zero attached hydrogens (tertiary/aromatic N) is 6. The molecule has 0 saturated heterocycles. The fourth-order valence-corrected chi connectivity index (χ4v) is 4.79. The molecule has 28 heavy (non-hydrogen) atoms. The Bertz CT molecular complexity index is 953. The number of hydrogen-bond acceptors (Lipinski definition) is 10. The summed E-state index contributed by atoms with van der Waals surface area (Å²) in [5, 5.41) is 18.3. The van der Waals surface area contributed by atoms with Crippen LogP contribution in [-0.2, 0) is 9.53 Å². The Morgan fingerprint density at radius 2 is 1.46 bits per heavy atom. The maximum absolute atomic E-state index is 12.6. The van der Waals surface area contributed by atoms with Crippen molar-refractivity contribution in [1.82, 2.24) is 19.9 Å². The number of ether oxygens (including phenoxy) is 1. The summed E-state index contributed by atoms with van der Waals surface area (Å²) in [6.45, 7) is 2.04. The number of carbonyl (C=O) groups is 1. The largest absolute Gasteiger partial charge is 0.465 e. The maximum atomic E-state index is 12.6. The van der Waals surface area contributed by atoms with Crippen LogP contribution < -0.4 is 0 Å². The summed E-state index contributed by atoms with van der Waals surface area (Å²) in [5.74, 6) is -1.13. The van der Waals surface area contributed by atoms with Gasteiger partial charge in [0.05, 0.1) is 27.1 Å². The van der Waals surface area contributed by atoms with Gasteiger partial charge in [-0.3, -0.25) is 4.79 Å². The monoisotopic (exact) mass is 448 g/mol. The number of thiazole rings is 4. The highest BCUT2D eigenvalue weighted by atomic mass is 32.1. The molecule has 4 aromatic heterocycles. The molecule has 0 saturated carbocycles. The van der Waals surface area contributed by atoms with E-state index in [1.165, 1.54) is 45.3 Å². The zero-order chi connectivity index (χ0) is 19.3. The van der Waals surface area contributed by atoms with Gasteiger partial charge in [-0.2, -0.15) is 0 Å². The summed E-state index contributed by atoms with van der Waals surface area (Å²) in [4.78, 5) is 29.9. The lowest BCUT2D eigenvalue weighted by molar-refractivity contribution is -0.144. The Labute approximate surface area is 176 Å². The van der Waals surface area contributed by atoms with Crippen LogP contribution in [0.1, 0.15) is 24.2 Å². The van der Waals surface area contributed by atoms with E-state index in [1.54, 1.807) is 30.1 Å². The first-order valence-electron chi connectivity index (χ1n) is 8.03. The van der Waals surface area contributed by atoms with Crippen molar-refractivity contribution in [3.05, 3.63) is 55.9 Å². The van der Waals surface area contributed by atoms with Crippen molar-refractivity contribution in [3.8, 4) is 0 Å². The molecule has 0 amide bonds. The molecule has 0 radical (unpaired) electrons. The minimum Gasteiger partial charge on any atom is -0.465 e. The molecule has 4 aromatic rings. The Morgan fingerprint density at radius 1 is 0.929 bits per heavy atom. The summed E-state index contributed by atoms with van der Waals surface area (Å²) >= 11 is 5.52. The van der Waals surface area contributed by atoms with E-state index in [0.717, 1.165) is 0 Å². The first-order chi connectivity index (χ1) is 13.7. The van der Waals surface area contributed by atoms with Gasteiger partial charge in [0.1, 0.15) is 5.92 Å². The molecule has 0 bridgehead atoms. The van der Waals surface area contributed by atoms with E-state index in [9.17, 15) is 4.79 Å². The average molecular weight is 449 g/mol. The number of esters is 1. The van der Waals surface area contributed by atoms with Crippen molar-refractivity contribution in [3.63, 3.8) is 0 Å². The fraction of sp³-hybridized carbons (Fsp3) is 0.188. The average Bonchev–Trinajstić information content (AvgIpc) is 3.46. The van der Waals surface area contributed by atoms with E-state index in [-0.39, 0.29) is 6.61 Å². The van der Waals surface area contributed by atoms with Crippen LogP contribution in [0.5, 0.6) is 0 Å². The number of hydrogen-bond donors (Lipinski definition) is 0. The van der Waals surface area contributed by atoms with Crippen LogP contribution in [0.4, 0.5) is 20.5 Å². The molecule has 0 atom stereocenters. The summed E-state index contributed by atoms with van der Waals surface area (Å²) in [7, 11) is 0. The van der Waals surface area contributed by atoms with Crippen LogP contribution in [0.25, 0.3) is 10.6 Å². The van der Waals surface area contributed by atoms with E-state index in [0.29, 0.717) is 31.9 Å². The van der Waals surface area contributed by atoms with E-state index in [4.69, 9.17) is 4.74 Å². The lowest BCUT2D eigenvalue weighted by atomic mass is 10.0. The van der Waals surface area contributed by atoms with Gasteiger partial charge in [0.25, 0.3) is 0 Å². The van der Waals surface area contributed by atoms with Crippen LogP contribution in [0, 0.1) is 0 Å². The van der Waals surface area contributed by atoms with Crippen LogP contribution in [0.15, 0.2) is 33.9 Å². The molecular formula is C16H12N6O2S4-2. The standard InChI is InChI=1S/C16H12N6O2S4/c1-2-24-12(23)11(9-7-27-15(19-9)21-13-17-3-5-25-13)10-8-28-16(20-10)22-14-18-4-6-26-14/h3-8,11H,2H2,1H3/q-2. The second-order valence-electron chi connectivity index (χ2n) is 5.15. The molecule has 8 nitrogen and oxygen atoms in total. The third kappa shape index (κ3) is 4.35. The van der Waals surface area contributed by atoms with E-state index < -0.39 is 11.9 Å². The Hall–Kier alpha value is -2.41. The molecule has 0 fully saturated rings. The third-order valence-electron chi connectivity index (χ3n) is 3.35. The number of rotatable bonds is 8. The SMILES string of the molecule is CCOC(=O)C(c1csc([N-]c2nccs2)n1)c1csc([N-]c2nccs2)n1. The van der Waals surface area contributed by atoms with Crippen molar-refractivity contribution in [2.45, 2.75) is 12.8 Å². The highest BCUT2D eigenvalue weighted by Crippen LogP contribution is 2.39. The van der Waals surface area contributed by atoms with E-state index in [1.807, 2.05) is 10.8 Å². The lowest BCUT2D eigenvalue weighted by Gasteiger charge is -2.15. The van der Waals surface area contributed by atoms with Crippen LogP contribution >= 0.6 is 45.3 Å². The fourth-order valence-electron chi connectivity index (χ4n) is 2.24. The van der Waals surface area contributed by atoms with Gasteiger partial charge in [-0.15, -0.1) is 45.3 Å². The summed E-state index contributed by atoms with van der Waals surface area (Å²) < 4.78 is 5.25. The lowest BCUT2D eigenvalue weighted by Crippen LogP contribution is -2.18. The van der Waals surface area contributed by atoms with Crippen molar-refractivity contribution < 1.29 is 9.53 Å². The molecule has 4 rings (SSSR count). The van der Waals surface area contributed by atoms with Crippen LogP contribution in [-0.4, -0.2) is 32.5 Å². The summed E-state index contributed by atoms with van der Waals surface area (Å²) in [5.41, 5.74) is 1.09. The molecular weight excluding hydrogens is 436 g/mol. The van der Waals surface area contributed by atoms with Gasteiger partial charge < -0.3 is 35.3 Å². The maximum Gasteiger partial charge on any atom is 0.318 e. The third-order valence-corrected chi connectivity index (χ3v) is 6.19. The van der Waals surface area contributed by atoms with E-state index >= 15 is 0 Å². The second kappa shape index (κ2) is 8.73. The zero-order valence-electron chi connectivity index (χ0n) is 14.4. The van der Waals surface area contributed by atoms with Gasteiger partial charge in [-0.1, -0.05) is 0 Å². The normalized spacial score (nSPS) is 10.9. The minimum absolute atomic E-state index is 0.274. The predicted octanol–water partition coefficient (Wildman–Crippen LogP) is 5.88. The van der Waals surface area contributed by atoms with Gasteiger partial charge in [-0.25, -0.2) is 0 Å². The summed E-state index contributed by atoms with van der Waals surface area (Å²) in [6, 6.07) is 0. The molecule has 0 spiro atoms. The Balaban J connectivity index is 1.58. The molecule has 144 valence electrons. The van der Waals surface area contributed by atoms with Gasteiger partial charge in [0.15, 0.2) is 0 Å². The van der Waals surface area contributed by atoms with Crippen LogP contribution in [0.2, 0.25) is 0 Å². The van der Waals surface area contributed by atoms with Crippen molar-refractivity contribution in [2.24, 2.45) is 0 Å². The molecule has 0 aromatic carbocycles. The Morgan fingerprint density at radius 3 is 1.89 bits per heavy atom. The first kappa shape index (κ1) is 18.9. The molecule has 0 aliphatic heterocycles. The smallest absolute Gasteiger partial charge is 0.318 e. The molecule has 4 heterocycles. The molecule has 12 heteroatoms. The predicted molar refractivity (Wildman–Crippen MR) is 112 cm³/mol. The van der Waals surface area contributed by atoms with Gasteiger partial charge in [0, 0.05) is 0 Å². The molecule has 0 aliphatic carbocycles. The van der Waals surface area contributed by atoms with Gasteiger partial charge >= 0.3 is 5.97 Å². The van der Waals surface area contributed by atoms with Crippen LogP contribution in [0.3, 0.4) is 0 Å².